The van der Waals surface area contributed by atoms with Gasteiger partial charge >= 0.3 is 0 Å². The summed E-state index contributed by atoms with van der Waals surface area (Å²) in [6.07, 6.45) is 11.3. The Bertz CT molecular complexity index is 620. The molecule has 3 rings (SSSR count). The summed E-state index contributed by atoms with van der Waals surface area (Å²) in [4.78, 5) is 4.42. The Morgan fingerprint density at radius 1 is 0.960 bits per heavy atom. The van der Waals surface area contributed by atoms with Crippen LogP contribution in [0.4, 0.5) is 0 Å². The average molecular weight is 341 g/mol. The van der Waals surface area contributed by atoms with Gasteiger partial charge in [0.25, 0.3) is 0 Å². The number of para-hydroxylation sites is 1. The van der Waals surface area contributed by atoms with Crippen LogP contribution in [0.5, 0.6) is 5.75 Å². The molecule has 0 saturated heterocycles. The van der Waals surface area contributed by atoms with Crippen molar-refractivity contribution in [3.8, 4) is 5.75 Å². The van der Waals surface area contributed by atoms with Crippen LogP contribution in [-0.2, 0) is 0 Å². The first-order chi connectivity index (χ1) is 12.4. The predicted molar refractivity (Wildman–Crippen MR) is 104 cm³/mol. The van der Waals surface area contributed by atoms with E-state index in [1.165, 1.54) is 44.9 Å². The molecule has 1 aliphatic carbocycles. The van der Waals surface area contributed by atoms with E-state index in [1.807, 2.05) is 24.4 Å². The van der Waals surface area contributed by atoms with Crippen LogP contribution >= 0.6 is 0 Å². The smallest absolute Gasteiger partial charge is 0.145 e. The number of benzene rings is 1. The molecule has 1 saturated carbocycles. The van der Waals surface area contributed by atoms with E-state index in [4.69, 9.17) is 4.74 Å². The van der Waals surface area contributed by atoms with Crippen molar-refractivity contribution in [1.82, 2.24) is 15.6 Å². The highest BCUT2D eigenvalue weighted by atomic mass is 16.5. The number of nitrogens with one attached hydrogen (secondary N) is 2. The molecule has 0 amide bonds. The van der Waals surface area contributed by atoms with Gasteiger partial charge in [-0.15, -0.1) is 0 Å². The van der Waals surface area contributed by atoms with Crippen molar-refractivity contribution in [3.05, 3.63) is 36.5 Å². The molecule has 2 aromatic rings. The maximum absolute atomic E-state index is 5.89. The third kappa shape index (κ3) is 5.98. The lowest BCUT2D eigenvalue weighted by Crippen LogP contribution is -2.32. The molecule has 0 aliphatic heterocycles. The van der Waals surface area contributed by atoms with Gasteiger partial charge in [0.15, 0.2) is 0 Å². The summed E-state index contributed by atoms with van der Waals surface area (Å²) in [5.74, 6) is 0.872. The molecule has 0 radical (unpaired) electrons. The first-order valence-corrected chi connectivity index (χ1v) is 9.84. The van der Waals surface area contributed by atoms with Gasteiger partial charge in [0.2, 0.25) is 0 Å². The summed E-state index contributed by atoms with van der Waals surface area (Å²) in [6.45, 7) is 3.77. The van der Waals surface area contributed by atoms with Crippen LogP contribution in [-0.4, -0.2) is 37.3 Å². The van der Waals surface area contributed by atoms with E-state index < -0.39 is 0 Å². The van der Waals surface area contributed by atoms with Crippen LogP contribution < -0.4 is 15.4 Å². The number of nitrogens with zero attached hydrogens (tertiary/aromatic N) is 1. The summed E-state index contributed by atoms with van der Waals surface area (Å²) in [5, 5.41) is 8.30. The Labute approximate surface area is 151 Å². The Hall–Kier alpha value is -1.65. The fraction of sp³-hybridized carbons (Fsp3) is 0.571. The van der Waals surface area contributed by atoms with Crippen LogP contribution in [0, 0.1) is 0 Å². The first-order valence-electron chi connectivity index (χ1n) is 9.84. The molecule has 0 bridgehead atoms. The van der Waals surface area contributed by atoms with Crippen molar-refractivity contribution in [2.75, 3.05) is 26.2 Å². The minimum absolute atomic E-state index is 0.677. The van der Waals surface area contributed by atoms with E-state index in [0.717, 1.165) is 42.3 Å². The number of unbranched alkanes of at least 4 members (excludes halogenated alkanes) is 1. The maximum Gasteiger partial charge on any atom is 0.145 e. The largest absolute Gasteiger partial charge is 0.490 e. The van der Waals surface area contributed by atoms with Gasteiger partial charge in [-0.3, -0.25) is 4.98 Å². The van der Waals surface area contributed by atoms with E-state index in [1.54, 1.807) is 0 Å². The van der Waals surface area contributed by atoms with E-state index in [2.05, 4.69) is 27.8 Å². The van der Waals surface area contributed by atoms with E-state index >= 15 is 0 Å². The standard InChI is InChI=1S/C21H31N3O/c1-2-10-19(11-3-1)23-14-5-4-13-22-16-17-25-20-12-6-8-18-9-7-15-24-21(18)20/h6-9,12,15,19,22-23H,1-5,10-11,13-14,16-17H2. The maximum atomic E-state index is 5.89. The van der Waals surface area contributed by atoms with Crippen molar-refractivity contribution < 1.29 is 4.74 Å². The van der Waals surface area contributed by atoms with Crippen molar-refractivity contribution in [3.63, 3.8) is 0 Å². The zero-order valence-corrected chi connectivity index (χ0v) is 15.2. The second kappa shape index (κ2) is 10.4. The van der Waals surface area contributed by atoms with Gasteiger partial charge in [-0.2, -0.15) is 0 Å². The quantitative estimate of drug-likeness (QED) is 0.643. The third-order valence-corrected chi connectivity index (χ3v) is 4.95. The fourth-order valence-electron chi connectivity index (χ4n) is 3.54. The van der Waals surface area contributed by atoms with Gasteiger partial charge in [-0.25, -0.2) is 0 Å². The Kier molecular flexibility index (Phi) is 7.53. The number of pyridine rings is 1. The van der Waals surface area contributed by atoms with Gasteiger partial charge in [-0.05, 0) is 50.9 Å². The lowest BCUT2D eigenvalue weighted by molar-refractivity contribution is 0.316. The van der Waals surface area contributed by atoms with Gasteiger partial charge in [0.1, 0.15) is 17.9 Å². The normalized spacial score (nSPS) is 15.5. The van der Waals surface area contributed by atoms with Gasteiger partial charge in [-0.1, -0.05) is 37.5 Å². The molecule has 1 fully saturated rings. The molecule has 25 heavy (non-hydrogen) atoms. The fourth-order valence-corrected chi connectivity index (χ4v) is 3.54. The lowest BCUT2D eigenvalue weighted by atomic mass is 9.95. The first kappa shape index (κ1) is 18.2. The van der Waals surface area contributed by atoms with Crippen LogP contribution in [0.25, 0.3) is 10.9 Å². The molecular weight excluding hydrogens is 310 g/mol. The Morgan fingerprint density at radius 3 is 2.72 bits per heavy atom. The molecule has 0 atom stereocenters. The summed E-state index contributed by atoms with van der Waals surface area (Å²) in [6, 6.07) is 10.9. The van der Waals surface area contributed by atoms with Crippen molar-refractivity contribution in [2.24, 2.45) is 0 Å². The Morgan fingerprint density at radius 2 is 1.80 bits per heavy atom. The summed E-state index contributed by atoms with van der Waals surface area (Å²) in [7, 11) is 0. The molecule has 0 unspecified atom stereocenters. The molecule has 1 heterocycles. The Balaban J connectivity index is 1.23. The second-order valence-electron chi connectivity index (χ2n) is 6.93. The second-order valence-corrected chi connectivity index (χ2v) is 6.93. The van der Waals surface area contributed by atoms with Gasteiger partial charge < -0.3 is 15.4 Å². The van der Waals surface area contributed by atoms with E-state index in [9.17, 15) is 0 Å². The molecule has 1 aliphatic rings. The van der Waals surface area contributed by atoms with Crippen molar-refractivity contribution in [2.45, 2.75) is 51.0 Å². The molecule has 2 N–H and O–H groups in total. The number of hydrogen-bond donors (Lipinski definition) is 2. The van der Waals surface area contributed by atoms with Gasteiger partial charge in [0.05, 0.1) is 0 Å². The average Bonchev–Trinajstić information content (AvgIpc) is 2.67. The van der Waals surface area contributed by atoms with Crippen LogP contribution in [0.15, 0.2) is 36.5 Å². The molecule has 4 heteroatoms. The predicted octanol–water partition coefficient (Wildman–Crippen LogP) is 3.91. The number of fused-ring (bicyclic) bond motifs is 1. The van der Waals surface area contributed by atoms with E-state index in [0.29, 0.717) is 6.61 Å². The van der Waals surface area contributed by atoms with E-state index in [-0.39, 0.29) is 0 Å². The highest BCUT2D eigenvalue weighted by Gasteiger charge is 2.11. The number of aromatic nitrogens is 1. The highest BCUT2D eigenvalue weighted by Crippen LogP contribution is 2.22. The minimum Gasteiger partial charge on any atom is -0.490 e. The third-order valence-electron chi connectivity index (χ3n) is 4.95. The zero-order chi connectivity index (χ0) is 17.2. The summed E-state index contributed by atoms with van der Waals surface area (Å²) >= 11 is 0. The van der Waals surface area contributed by atoms with Gasteiger partial charge in [0, 0.05) is 24.2 Å². The molecule has 136 valence electrons. The number of rotatable bonds is 10. The van der Waals surface area contributed by atoms with Crippen molar-refractivity contribution >= 4 is 10.9 Å². The highest BCUT2D eigenvalue weighted by molar-refractivity contribution is 5.84. The van der Waals surface area contributed by atoms with Crippen LogP contribution in [0.2, 0.25) is 0 Å². The molecule has 1 aromatic carbocycles. The lowest BCUT2D eigenvalue weighted by Gasteiger charge is -2.22. The summed E-state index contributed by atoms with van der Waals surface area (Å²) < 4.78 is 5.89. The zero-order valence-electron chi connectivity index (χ0n) is 15.2. The molecule has 1 aromatic heterocycles. The number of ether oxygens (including phenoxy) is 1. The molecule has 4 nitrogen and oxygen atoms in total. The SMILES string of the molecule is c1cnc2c(OCCNCCCCNC3CCCCC3)cccc2c1. The molecule has 0 spiro atoms. The van der Waals surface area contributed by atoms with Crippen LogP contribution in [0.3, 0.4) is 0 Å². The minimum atomic E-state index is 0.677. The summed E-state index contributed by atoms with van der Waals surface area (Å²) in [5.41, 5.74) is 0.943. The monoisotopic (exact) mass is 341 g/mol. The van der Waals surface area contributed by atoms with Crippen molar-refractivity contribution in [1.29, 1.82) is 0 Å². The van der Waals surface area contributed by atoms with Crippen LogP contribution in [0.1, 0.15) is 44.9 Å². The topological polar surface area (TPSA) is 46.2 Å². The number of hydrogen-bond acceptors (Lipinski definition) is 4. The molecular formula is C21H31N3O.